The lowest BCUT2D eigenvalue weighted by molar-refractivity contribution is -0.122. The molecule has 164 valence electrons. The minimum Gasteiger partial charge on any atom is -0.378 e. The number of amides is 1. The normalized spacial score (nSPS) is 17.2. The van der Waals surface area contributed by atoms with Crippen molar-refractivity contribution in [2.24, 2.45) is 0 Å². The highest BCUT2D eigenvalue weighted by Gasteiger charge is 2.22. The van der Waals surface area contributed by atoms with E-state index in [4.69, 9.17) is 32.7 Å². The quantitative estimate of drug-likeness (QED) is 0.425. The minimum absolute atomic E-state index is 0.0535. The molecule has 0 saturated carbocycles. The number of aromatic amines is 1. The molecule has 31 heavy (non-hydrogen) atoms. The maximum Gasteiger partial charge on any atom is 0.222 e. The van der Waals surface area contributed by atoms with Crippen LogP contribution in [0.2, 0.25) is 10.0 Å². The van der Waals surface area contributed by atoms with Crippen molar-refractivity contribution in [3.63, 3.8) is 0 Å². The van der Waals surface area contributed by atoms with E-state index in [0.29, 0.717) is 36.2 Å². The van der Waals surface area contributed by atoms with E-state index in [1.165, 1.54) is 0 Å². The van der Waals surface area contributed by atoms with Crippen molar-refractivity contribution in [3.05, 3.63) is 69.8 Å². The Bertz CT molecular complexity index is 1030. The van der Waals surface area contributed by atoms with Crippen LogP contribution >= 0.6 is 23.2 Å². The molecule has 0 radical (unpaired) electrons. The van der Waals surface area contributed by atoms with Gasteiger partial charge in [0, 0.05) is 52.6 Å². The predicted molar refractivity (Wildman–Crippen MR) is 124 cm³/mol. The van der Waals surface area contributed by atoms with Gasteiger partial charge in [-0.3, -0.25) is 4.79 Å². The second kappa shape index (κ2) is 10.5. The summed E-state index contributed by atoms with van der Waals surface area (Å²) < 4.78 is 11.1. The summed E-state index contributed by atoms with van der Waals surface area (Å²) in [7, 11) is 0. The topological polar surface area (TPSA) is 63.4 Å². The van der Waals surface area contributed by atoms with E-state index in [1.54, 1.807) is 6.07 Å². The molecule has 0 bridgehead atoms. The van der Waals surface area contributed by atoms with Crippen molar-refractivity contribution < 1.29 is 14.3 Å². The lowest BCUT2D eigenvalue weighted by Gasteiger charge is -2.20. The first-order valence-electron chi connectivity index (χ1n) is 10.6. The van der Waals surface area contributed by atoms with Crippen LogP contribution in [0.3, 0.4) is 0 Å². The molecule has 2 atom stereocenters. The molecule has 1 saturated heterocycles. The standard InChI is InChI=1S/C24H26Cl2N2O3/c25-16-7-8-18(22(26)12-16)20(21-13-27-23-6-2-1-5-19(21)23)14-28-24(29)9-11-30-15-17-4-3-10-31-17/h1-2,5-8,12-13,17,20,27H,3-4,9-11,14-15H2,(H,28,29). The molecule has 1 aromatic heterocycles. The third kappa shape index (κ3) is 5.60. The summed E-state index contributed by atoms with van der Waals surface area (Å²) in [6.45, 7) is 2.15. The maximum atomic E-state index is 12.5. The van der Waals surface area contributed by atoms with Gasteiger partial charge in [0.15, 0.2) is 0 Å². The number of nitrogens with one attached hydrogen (secondary N) is 2. The van der Waals surface area contributed by atoms with Crippen LogP contribution in [0.5, 0.6) is 0 Å². The van der Waals surface area contributed by atoms with E-state index in [9.17, 15) is 4.79 Å². The first-order chi connectivity index (χ1) is 15.1. The summed E-state index contributed by atoms with van der Waals surface area (Å²) >= 11 is 12.6. The zero-order chi connectivity index (χ0) is 21.6. The third-order valence-electron chi connectivity index (χ3n) is 5.64. The molecule has 1 aliphatic heterocycles. The molecule has 7 heteroatoms. The van der Waals surface area contributed by atoms with Crippen LogP contribution in [-0.4, -0.2) is 43.4 Å². The number of benzene rings is 2. The molecule has 1 aliphatic rings. The molecule has 5 nitrogen and oxygen atoms in total. The molecule has 2 unspecified atom stereocenters. The number of ether oxygens (including phenoxy) is 2. The van der Waals surface area contributed by atoms with Gasteiger partial charge in [-0.15, -0.1) is 0 Å². The van der Waals surface area contributed by atoms with Crippen LogP contribution in [0.1, 0.15) is 36.3 Å². The first kappa shape index (κ1) is 22.2. The van der Waals surface area contributed by atoms with Crippen molar-refractivity contribution in [1.29, 1.82) is 0 Å². The molecular formula is C24H26Cl2N2O3. The predicted octanol–water partition coefficient (Wildman–Crippen LogP) is 5.31. The van der Waals surface area contributed by atoms with Crippen LogP contribution in [0.25, 0.3) is 10.9 Å². The Morgan fingerprint density at radius 1 is 1.23 bits per heavy atom. The number of hydrogen-bond donors (Lipinski definition) is 2. The molecule has 2 aromatic carbocycles. The number of halogens is 2. The number of hydrogen-bond acceptors (Lipinski definition) is 3. The number of para-hydroxylation sites is 1. The third-order valence-corrected chi connectivity index (χ3v) is 6.20. The highest BCUT2D eigenvalue weighted by Crippen LogP contribution is 2.35. The summed E-state index contributed by atoms with van der Waals surface area (Å²) in [5.41, 5.74) is 3.04. The second-order valence-electron chi connectivity index (χ2n) is 7.77. The fourth-order valence-electron chi connectivity index (χ4n) is 4.01. The van der Waals surface area contributed by atoms with E-state index in [1.807, 2.05) is 36.5 Å². The number of H-pyrrole nitrogens is 1. The average Bonchev–Trinajstić information content (AvgIpc) is 3.43. The molecule has 3 aromatic rings. The van der Waals surface area contributed by atoms with Gasteiger partial charge in [0.25, 0.3) is 0 Å². The van der Waals surface area contributed by atoms with E-state index in [0.717, 1.165) is 41.5 Å². The number of aromatic nitrogens is 1. The van der Waals surface area contributed by atoms with Crippen molar-refractivity contribution in [1.82, 2.24) is 10.3 Å². The highest BCUT2D eigenvalue weighted by molar-refractivity contribution is 6.35. The monoisotopic (exact) mass is 460 g/mol. The van der Waals surface area contributed by atoms with Crippen LogP contribution in [0.15, 0.2) is 48.7 Å². The summed E-state index contributed by atoms with van der Waals surface area (Å²) in [5, 5.41) is 5.32. The summed E-state index contributed by atoms with van der Waals surface area (Å²) in [6.07, 6.45) is 4.57. The van der Waals surface area contributed by atoms with E-state index >= 15 is 0 Å². The fourth-order valence-corrected chi connectivity index (χ4v) is 4.55. The largest absolute Gasteiger partial charge is 0.378 e. The van der Waals surface area contributed by atoms with Gasteiger partial charge < -0.3 is 19.8 Å². The Kier molecular flexibility index (Phi) is 7.51. The van der Waals surface area contributed by atoms with Gasteiger partial charge in [0.2, 0.25) is 5.91 Å². The van der Waals surface area contributed by atoms with Crippen molar-refractivity contribution in [2.75, 3.05) is 26.4 Å². The van der Waals surface area contributed by atoms with Crippen LogP contribution in [-0.2, 0) is 14.3 Å². The number of carbonyl (C=O) groups is 1. The molecule has 0 spiro atoms. The van der Waals surface area contributed by atoms with Crippen LogP contribution in [0, 0.1) is 0 Å². The fraction of sp³-hybridized carbons (Fsp3) is 0.375. The Hall–Kier alpha value is -2.05. The van der Waals surface area contributed by atoms with E-state index in [-0.39, 0.29) is 17.9 Å². The molecular weight excluding hydrogens is 435 g/mol. The van der Waals surface area contributed by atoms with Gasteiger partial charge in [-0.25, -0.2) is 0 Å². The zero-order valence-corrected chi connectivity index (χ0v) is 18.7. The number of carbonyl (C=O) groups excluding carboxylic acids is 1. The van der Waals surface area contributed by atoms with Crippen LogP contribution < -0.4 is 5.32 Å². The lowest BCUT2D eigenvalue weighted by Crippen LogP contribution is -2.30. The number of rotatable bonds is 9. The van der Waals surface area contributed by atoms with Gasteiger partial charge in [-0.05, 0) is 42.2 Å². The molecule has 1 amide bonds. The average molecular weight is 461 g/mol. The summed E-state index contributed by atoms with van der Waals surface area (Å²) in [4.78, 5) is 15.8. The van der Waals surface area contributed by atoms with E-state index in [2.05, 4.69) is 16.4 Å². The Morgan fingerprint density at radius 3 is 2.90 bits per heavy atom. The highest BCUT2D eigenvalue weighted by atomic mass is 35.5. The zero-order valence-electron chi connectivity index (χ0n) is 17.2. The van der Waals surface area contributed by atoms with Gasteiger partial charge in [0.1, 0.15) is 0 Å². The number of fused-ring (bicyclic) bond motifs is 1. The Morgan fingerprint density at radius 2 is 2.10 bits per heavy atom. The minimum atomic E-state index is -0.113. The first-order valence-corrected chi connectivity index (χ1v) is 11.3. The second-order valence-corrected chi connectivity index (χ2v) is 8.62. The van der Waals surface area contributed by atoms with Gasteiger partial charge >= 0.3 is 0 Å². The molecule has 2 N–H and O–H groups in total. The van der Waals surface area contributed by atoms with Gasteiger partial charge in [-0.1, -0.05) is 47.5 Å². The smallest absolute Gasteiger partial charge is 0.222 e. The van der Waals surface area contributed by atoms with Crippen LogP contribution in [0.4, 0.5) is 0 Å². The van der Waals surface area contributed by atoms with Gasteiger partial charge in [-0.2, -0.15) is 0 Å². The van der Waals surface area contributed by atoms with E-state index < -0.39 is 0 Å². The molecule has 1 fully saturated rings. The summed E-state index contributed by atoms with van der Waals surface area (Å²) in [5.74, 6) is -0.167. The van der Waals surface area contributed by atoms with Crippen molar-refractivity contribution >= 4 is 40.0 Å². The molecule has 0 aliphatic carbocycles. The molecule has 4 rings (SSSR count). The Balaban J connectivity index is 1.43. The van der Waals surface area contributed by atoms with Crippen molar-refractivity contribution in [2.45, 2.75) is 31.3 Å². The summed E-state index contributed by atoms with van der Waals surface area (Å²) in [6, 6.07) is 13.6. The SMILES string of the molecule is O=C(CCOCC1CCCO1)NCC(c1ccc(Cl)cc1Cl)c1c[nH]c2ccccc12. The lowest BCUT2D eigenvalue weighted by atomic mass is 9.90. The maximum absolute atomic E-state index is 12.5. The molecule has 2 heterocycles. The Labute approximate surface area is 192 Å². The van der Waals surface area contributed by atoms with Gasteiger partial charge in [0.05, 0.1) is 19.3 Å². The van der Waals surface area contributed by atoms with Crippen molar-refractivity contribution in [3.8, 4) is 0 Å².